The lowest BCUT2D eigenvalue weighted by Crippen LogP contribution is -2.14. The molecule has 2 aromatic rings. The van der Waals surface area contributed by atoms with Gasteiger partial charge in [-0.1, -0.05) is 17.7 Å². The lowest BCUT2D eigenvalue weighted by molar-refractivity contribution is 0.102. The Morgan fingerprint density at radius 1 is 1.33 bits per heavy atom. The van der Waals surface area contributed by atoms with Gasteiger partial charge in [-0.15, -0.1) is 0 Å². The Hall–Kier alpha value is -2.71. The SMILES string of the molecule is N#CCOc1cccc(NC(=O)c2ccc(Cl)cc2N)c1. The van der Waals surface area contributed by atoms with Crippen molar-refractivity contribution in [1.29, 1.82) is 5.26 Å². The number of rotatable bonds is 4. The van der Waals surface area contributed by atoms with Crippen molar-refractivity contribution < 1.29 is 9.53 Å². The minimum atomic E-state index is -0.346. The van der Waals surface area contributed by atoms with E-state index in [1.54, 1.807) is 36.4 Å². The van der Waals surface area contributed by atoms with Crippen molar-refractivity contribution in [3.8, 4) is 11.8 Å². The molecule has 0 unspecified atom stereocenters. The van der Waals surface area contributed by atoms with E-state index in [1.807, 2.05) is 6.07 Å². The summed E-state index contributed by atoms with van der Waals surface area (Å²) in [7, 11) is 0. The molecule has 6 heteroatoms. The summed E-state index contributed by atoms with van der Waals surface area (Å²) in [6, 6.07) is 13.3. The van der Waals surface area contributed by atoms with Gasteiger partial charge in [0, 0.05) is 22.5 Å². The Labute approximate surface area is 126 Å². The highest BCUT2D eigenvalue weighted by molar-refractivity contribution is 6.31. The van der Waals surface area contributed by atoms with Crippen LogP contribution in [0.3, 0.4) is 0 Å². The average molecular weight is 302 g/mol. The maximum atomic E-state index is 12.1. The number of carbonyl (C=O) groups excluding carboxylic acids is 1. The number of amides is 1. The van der Waals surface area contributed by atoms with Gasteiger partial charge in [-0.3, -0.25) is 4.79 Å². The number of nitrogens with one attached hydrogen (secondary N) is 1. The molecule has 1 amide bonds. The van der Waals surface area contributed by atoms with Crippen LogP contribution in [0, 0.1) is 11.3 Å². The van der Waals surface area contributed by atoms with Gasteiger partial charge in [0.05, 0.1) is 5.56 Å². The fourth-order valence-electron chi connectivity index (χ4n) is 1.72. The zero-order valence-corrected chi connectivity index (χ0v) is 11.7. The molecule has 0 aliphatic carbocycles. The highest BCUT2D eigenvalue weighted by Crippen LogP contribution is 2.21. The molecule has 0 saturated heterocycles. The minimum Gasteiger partial charge on any atom is -0.479 e. The molecule has 3 N–H and O–H groups in total. The van der Waals surface area contributed by atoms with Crippen molar-refractivity contribution in [3.63, 3.8) is 0 Å². The number of halogens is 1. The third-order valence-corrected chi connectivity index (χ3v) is 2.89. The molecule has 0 spiro atoms. The molecule has 0 radical (unpaired) electrons. The van der Waals surface area contributed by atoms with Crippen LogP contribution in [0.5, 0.6) is 5.75 Å². The predicted octanol–water partition coefficient (Wildman–Crippen LogP) is 3.08. The third kappa shape index (κ3) is 3.88. The molecule has 0 heterocycles. The Kier molecular flexibility index (Phi) is 4.64. The van der Waals surface area contributed by atoms with Gasteiger partial charge >= 0.3 is 0 Å². The van der Waals surface area contributed by atoms with E-state index >= 15 is 0 Å². The molecule has 106 valence electrons. The highest BCUT2D eigenvalue weighted by atomic mass is 35.5. The van der Waals surface area contributed by atoms with Gasteiger partial charge in [0.25, 0.3) is 5.91 Å². The van der Waals surface area contributed by atoms with Crippen molar-refractivity contribution >= 4 is 28.9 Å². The van der Waals surface area contributed by atoms with E-state index < -0.39 is 0 Å². The van der Waals surface area contributed by atoms with Crippen LogP contribution < -0.4 is 15.8 Å². The molecule has 21 heavy (non-hydrogen) atoms. The van der Waals surface area contributed by atoms with Gasteiger partial charge in [0.15, 0.2) is 6.61 Å². The molecule has 2 aromatic carbocycles. The fourth-order valence-corrected chi connectivity index (χ4v) is 1.90. The van der Waals surface area contributed by atoms with Crippen molar-refractivity contribution in [2.24, 2.45) is 0 Å². The summed E-state index contributed by atoms with van der Waals surface area (Å²) in [5.74, 6) is 0.153. The van der Waals surface area contributed by atoms with Crippen LogP contribution in [0.1, 0.15) is 10.4 Å². The standard InChI is InChI=1S/C15H12ClN3O2/c16-10-4-5-13(14(18)8-10)15(20)19-11-2-1-3-12(9-11)21-7-6-17/h1-5,8-9H,7,18H2,(H,19,20). The van der Waals surface area contributed by atoms with Gasteiger partial charge in [-0.2, -0.15) is 5.26 Å². The molecular weight excluding hydrogens is 290 g/mol. The number of nitrogens with zero attached hydrogens (tertiary/aromatic N) is 1. The monoisotopic (exact) mass is 301 g/mol. The first kappa shape index (κ1) is 14.7. The Bertz CT molecular complexity index is 710. The van der Waals surface area contributed by atoms with Crippen molar-refractivity contribution in [2.45, 2.75) is 0 Å². The quantitative estimate of drug-likeness (QED) is 0.849. The first-order chi connectivity index (χ1) is 10.1. The Morgan fingerprint density at radius 2 is 2.14 bits per heavy atom. The van der Waals surface area contributed by atoms with Gasteiger partial charge in [0.1, 0.15) is 11.8 Å². The third-order valence-electron chi connectivity index (χ3n) is 2.65. The first-order valence-electron chi connectivity index (χ1n) is 6.06. The van der Waals surface area contributed by atoms with Crippen LogP contribution in [0.25, 0.3) is 0 Å². The minimum absolute atomic E-state index is 0.0540. The molecule has 2 rings (SSSR count). The van der Waals surface area contributed by atoms with E-state index in [-0.39, 0.29) is 12.5 Å². The molecule has 0 saturated carbocycles. The predicted molar refractivity (Wildman–Crippen MR) is 81.4 cm³/mol. The van der Waals surface area contributed by atoms with Crippen LogP contribution in [0.15, 0.2) is 42.5 Å². The van der Waals surface area contributed by atoms with E-state index in [9.17, 15) is 4.79 Å². The largest absolute Gasteiger partial charge is 0.479 e. The number of hydrogen-bond donors (Lipinski definition) is 2. The molecule has 0 aliphatic rings. The Morgan fingerprint density at radius 3 is 2.86 bits per heavy atom. The van der Waals surface area contributed by atoms with Crippen LogP contribution >= 0.6 is 11.6 Å². The highest BCUT2D eigenvalue weighted by Gasteiger charge is 2.10. The number of benzene rings is 2. The van der Waals surface area contributed by atoms with Crippen LogP contribution in [0.4, 0.5) is 11.4 Å². The van der Waals surface area contributed by atoms with Crippen LogP contribution in [0.2, 0.25) is 5.02 Å². The van der Waals surface area contributed by atoms with Gasteiger partial charge in [-0.05, 0) is 30.3 Å². The lowest BCUT2D eigenvalue weighted by Gasteiger charge is -2.09. The normalized spacial score (nSPS) is 9.71. The molecule has 0 atom stereocenters. The van der Waals surface area contributed by atoms with Gasteiger partial charge < -0.3 is 15.8 Å². The second kappa shape index (κ2) is 6.64. The summed E-state index contributed by atoms with van der Waals surface area (Å²) in [6.07, 6.45) is 0. The molecule has 0 aliphatic heterocycles. The Balaban J connectivity index is 2.14. The van der Waals surface area contributed by atoms with E-state index in [4.69, 9.17) is 27.3 Å². The molecule has 0 bridgehead atoms. The lowest BCUT2D eigenvalue weighted by atomic mass is 10.1. The maximum Gasteiger partial charge on any atom is 0.257 e. The summed E-state index contributed by atoms with van der Waals surface area (Å²) in [4.78, 5) is 12.1. The van der Waals surface area contributed by atoms with Crippen LogP contribution in [-0.2, 0) is 0 Å². The summed E-state index contributed by atoms with van der Waals surface area (Å²) in [5, 5.41) is 11.7. The van der Waals surface area contributed by atoms with E-state index in [0.717, 1.165) is 0 Å². The average Bonchev–Trinajstić information content (AvgIpc) is 2.45. The second-order valence-electron chi connectivity index (χ2n) is 4.16. The zero-order chi connectivity index (χ0) is 15.2. The summed E-state index contributed by atoms with van der Waals surface area (Å²) >= 11 is 5.80. The van der Waals surface area contributed by atoms with Crippen molar-refractivity contribution in [3.05, 3.63) is 53.1 Å². The van der Waals surface area contributed by atoms with Gasteiger partial charge in [0.2, 0.25) is 0 Å². The molecule has 5 nitrogen and oxygen atoms in total. The first-order valence-corrected chi connectivity index (χ1v) is 6.44. The van der Waals surface area contributed by atoms with Crippen molar-refractivity contribution in [1.82, 2.24) is 0 Å². The van der Waals surface area contributed by atoms with Crippen molar-refractivity contribution in [2.75, 3.05) is 17.7 Å². The number of ether oxygens (including phenoxy) is 1. The number of nitriles is 1. The molecule has 0 fully saturated rings. The number of carbonyl (C=O) groups is 1. The van der Waals surface area contributed by atoms with Crippen LogP contribution in [-0.4, -0.2) is 12.5 Å². The summed E-state index contributed by atoms with van der Waals surface area (Å²) in [6.45, 7) is -0.0540. The zero-order valence-electron chi connectivity index (χ0n) is 11.0. The maximum absolute atomic E-state index is 12.1. The van der Waals surface area contributed by atoms with E-state index in [1.165, 1.54) is 6.07 Å². The smallest absolute Gasteiger partial charge is 0.257 e. The number of hydrogen-bond acceptors (Lipinski definition) is 4. The topological polar surface area (TPSA) is 88.1 Å². The molecular formula is C15H12ClN3O2. The van der Waals surface area contributed by atoms with E-state index in [2.05, 4.69) is 5.32 Å². The van der Waals surface area contributed by atoms with Gasteiger partial charge in [-0.25, -0.2) is 0 Å². The summed E-state index contributed by atoms with van der Waals surface area (Å²) < 4.78 is 5.17. The molecule has 0 aromatic heterocycles. The number of nitrogens with two attached hydrogens (primary N) is 1. The van der Waals surface area contributed by atoms with E-state index in [0.29, 0.717) is 27.7 Å². The number of nitrogen functional groups attached to an aromatic ring is 1. The second-order valence-corrected chi connectivity index (χ2v) is 4.60. The fraction of sp³-hybridized carbons (Fsp3) is 0.0667. The summed E-state index contributed by atoms with van der Waals surface area (Å²) in [5.41, 5.74) is 6.95. The number of anilines is 2.